The van der Waals surface area contributed by atoms with Gasteiger partial charge in [0.05, 0.1) is 11.5 Å². The number of carboxylic acid groups (broad SMARTS) is 1. The molecule has 0 unspecified atom stereocenters. The lowest BCUT2D eigenvalue weighted by Gasteiger charge is -2.43. The van der Waals surface area contributed by atoms with Crippen molar-refractivity contribution in [1.29, 1.82) is 5.26 Å². The number of aliphatic hydroxyl groups is 1. The van der Waals surface area contributed by atoms with Crippen LogP contribution in [0.4, 0.5) is 0 Å². The summed E-state index contributed by atoms with van der Waals surface area (Å²) in [6.07, 6.45) is 3.69. The van der Waals surface area contributed by atoms with Crippen LogP contribution in [0.2, 0.25) is 0 Å². The van der Waals surface area contributed by atoms with Crippen LogP contribution in [0.15, 0.2) is 11.6 Å². The summed E-state index contributed by atoms with van der Waals surface area (Å²) < 4.78 is 0. The first-order valence-electron chi connectivity index (χ1n) is 5.97. The predicted molar refractivity (Wildman–Crippen MR) is 66.3 cm³/mol. The highest BCUT2D eigenvalue weighted by atomic mass is 16.4. The molecule has 1 aliphatic carbocycles. The van der Waals surface area contributed by atoms with E-state index in [4.69, 9.17) is 10.4 Å². The van der Waals surface area contributed by atoms with Crippen molar-refractivity contribution in [2.45, 2.75) is 45.1 Å². The van der Waals surface area contributed by atoms with Gasteiger partial charge in [-0.2, -0.15) is 5.26 Å². The Kier molecular flexibility index (Phi) is 4.16. The van der Waals surface area contributed by atoms with Crippen LogP contribution in [0.5, 0.6) is 0 Å². The van der Waals surface area contributed by atoms with Crippen molar-refractivity contribution >= 4 is 5.97 Å². The molecule has 4 nitrogen and oxygen atoms in total. The van der Waals surface area contributed by atoms with Gasteiger partial charge in [-0.1, -0.05) is 18.8 Å². The second kappa shape index (κ2) is 5.25. The van der Waals surface area contributed by atoms with Gasteiger partial charge in [0.1, 0.15) is 5.60 Å². The summed E-state index contributed by atoms with van der Waals surface area (Å²) in [4.78, 5) is 10.6. The summed E-state index contributed by atoms with van der Waals surface area (Å²) in [5.74, 6) is 4.28. The van der Waals surface area contributed by atoms with Gasteiger partial charge in [0.2, 0.25) is 0 Å². The highest BCUT2D eigenvalue weighted by molar-refractivity contribution is 5.81. The zero-order valence-electron chi connectivity index (χ0n) is 10.7. The van der Waals surface area contributed by atoms with E-state index in [2.05, 4.69) is 17.9 Å². The van der Waals surface area contributed by atoms with Gasteiger partial charge in [0, 0.05) is 11.6 Å². The summed E-state index contributed by atoms with van der Waals surface area (Å²) >= 11 is 0. The Morgan fingerprint density at radius 2 is 2.17 bits per heavy atom. The zero-order chi connectivity index (χ0) is 13.8. The summed E-state index contributed by atoms with van der Waals surface area (Å²) in [5, 5.41) is 28.1. The number of carboxylic acids is 1. The highest BCUT2D eigenvalue weighted by Gasteiger charge is 2.51. The number of nitrogens with zero attached hydrogens (tertiary/aromatic N) is 1. The lowest BCUT2D eigenvalue weighted by molar-refractivity contribution is -0.131. The molecule has 0 aromatic carbocycles. The van der Waals surface area contributed by atoms with Crippen LogP contribution < -0.4 is 0 Å². The SMILES string of the molecule is CC/C(C#C[C@@](C)(O)C1(C#N)CCC1)=C/C(=O)O. The Balaban J connectivity index is 2.96. The number of aliphatic carboxylic acids is 1. The van der Waals surface area contributed by atoms with Crippen molar-refractivity contribution in [3.8, 4) is 17.9 Å². The molecule has 0 aromatic heterocycles. The first-order chi connectivity index (χ1) is 8.37. The van der Waals surface area contributed by atoms with E-state index in [0.717, 1.165) is 12.5 Å². The molecule has 1 rings (SSSR count). The van der Waals surface area contributed by atoms with Gasteiger partial charge in [-0.15, -0.1) is 0 Å². The van der Waals surface area contributed by atoms with E-state index in [-0.39, 0.29) is 0 Å². The zero-order valence-corrected chi connectivity index (χ0v) is 10.7. The molecule has 2 N–H and O–H groups in total. The van der Waals surface area contributed by atoms with Crippen molar-refractivity contribution in [3.63, 3.8) is 0 Å². The average molecular weight is 247 g/mol. The summed E-state index contributed by atoms with van der Waals surface area (Å²) in [7, 11) is 0. The van der Waals surface area contributed by atoms with Crippen LogP contribution in [-0.2, 0) is 4.79 Å². The quantitative estimate of drug-likeness (QED) is 0.589. The van der Waals surface area contributed by atoms with Crippen molar-refractivity contribution < 1.29 is 15.0 Å². The number of nitriles is 1. The number of hydrogen-bond acceptors (Lipinski definition) is 3. The molecule has 0 aliphatic heterocycles. The number of rotatable bonds is 3. The van der Waals surface area contributed by atoms with Crippen LogP contribution in [0.3, 0.4) is 0 Å². The topological polar surface area (TPSA) is 81.3 Å². The maximum Gasteiger partial charge on any atom is 0.329 e. The van der Waals surface area contributed by atoms with Gasteiger partial charge in [0.15, 0.2) is 0 Å². The fraction of sp³-hybridized carbons (Fsp3) is 0.571. The third-order valence-corrected chi connectivity index (χ3v) is 3.50. The van der Waals surface area contributed by atoms with Crippen molar-refractivity contribution in [2.75, 3.05) is 0 Å². The van der Waals surface area contributed by atoms with E-state index in [0.29, 0.717) is 24.8 Å². The van der Waals surface area contributed by atoms with Gasteiger partial charge < -0.3 is 10.2 Å². The minimum Gasteiger partial charge on any atom is -0.478 e. The normalized spacial score (nSPS) is 20.7. The minimum atomic E-state index is -1.40. The smallest absolute Gasteiger partial charge is 0.329 e. The van der Waals surface area contributed by atoms with E-state index >= 15 is 0 Å². The second-order valence-electron chi connectivity index (χ2n) is 4.73. The lowest BCUT2D eigenvalue weighted by atomic mass is 9.60. The molecule has 0 heterocycles. The Bertz CT molecular complexity index is 467. The van der Waals surface area contributed by atoms with Crippen LogP contribution in [0.25, 0.3) is 0 Å². The first-order valence-corrected chi connectivity index (χ1v) is 5.97. The molecular weight excluding hydrogens is 230 g/mol. The molecule has 0 spiro atoms. The van der Waals surface area contributed by atoms with E-state index in [1.807, 2.05) is 0 Å². The maximum atomic E-state index is 10.6. The Morgan fingerprint density at radius 3 is 2.50 bits per heavy atom. The van der Waals surface area contributed by atoms with Crippen LogP contribution >= 0.6 is 0 Å². The molecular formula is C14H17NO3. The van der Waals surface area contributed by atoms with Crippen LogP contribution in [0.1, 0.15) is 39.5 Å². The molecule has 1 saturated carbocycles. The fourth-order valence-electron chi connectivity index (χ4n) is 1.93. The summed E-state index contributed by atoms with van der Waals surface area (Å²) in [6.45, 7) is 3.32. The van der Waals surface area contributed by atoms with E-state index in [9.17, 15) is 9.90 Å². The molecule has 96 valence electrons. The minimum absolute atomic E-state index is 0.440. The fourth-order valence-corrected chi connectivity index (χ4v) is 1.93. The molecule has 0 amide bonds. The Labute approximate surface area is 107 Å². The summed E-state index contributed by atoms with van der Waals surface area (Å²) in [5.41, 5.74) is -1.76. The molecule has 1 aliphatic rings. The molecule has 0 bridgehead atoms. The number of allylic oxidation sites excluding steroid dienone is 1. The predicted octanol–water partition coefficient (Wildman–Crippen LogP) is 1.86. The highest BCUT2D eigenvalue weighted by Crippen LogP contribution is 2.48. The lowest BCUT2D eigenvalue weighted by Crippen LogP contribution is -2.48. The third kappa shape index (κ3) is 2.72. The van der Waals surface area contributed by atoms with Gasteiger partial charge in [-0.25, -0.2) is 4.79 Å². The number of carbonyl (C=O) groups is 1. The molecule has 1 fully saturated rings. The molecule has 4 heteroatoms. The Hall–Kier alpha value is -1.78. The van der Waals surface area contributed by atoms with Crippen molar-refractivity contribution in [2.24, 2.45) is 5.41 Å². The monoisotopic (exact) mass is 247 g/mol. The standard InChI is InChI=1S/C14H17NO3/c1-3-11(9-12(16)17)5-8-13(2,18)14(10-15)6-4-7-14/h9,18H,3-4,6-7H2,1-2H3,(H,16,17)/b11-9-/t13-/m1/s1. The van der Waals surface area contributed by atoms with Gasteiger partial charge in [-0.3, -0.25) is 0 Å². The summed E-state index contributed by atoms with van der Waals surface area (Å²) in [6, 6.07) is 2.15. The molecule has 0 aromatic rings. The Morgan fingerprint density at radius 1 is 1.56 bits per heavy atom. The van der Waals surface area contributed by atoms with Crippen LogP contribution in [-0.4, -0.2) is 21.8 Å². The van der Waals surface area contributed by atoms with Gasteiger partial charge in [0.25, 0.3) is 0 Å². The third-order valence-electron chi connectivity index (χ3n) is 3.50. The van der Waals surface area contributed by atoms with Gasteiger partial charge >= 0.3 is 5.97 Å². The van der Waals surface area contributed by atoms with E-state index in [1.165, 1.54) is 6.92 Å². The maximum absolute atomic E-state index is 10.6. The van der Waals surface area contributed by atoms with E-state index in [1.54, 1.807) is 6.92 Å². The molecule has 18 heavy (non-hydrogen) atoms. The number of hydrogen-bond donors (Lipinski definition) is 2. The first kappa shape index (κ1) is 14.3. The van der Waals surface area contributed by atoms with E-state index < -0.39 is 17.0 Å². The van der Waals surface area contributed by atoms with Crippen molar-refractivity contribution in [1.82, 2.24) is 0 Å². The molecule has 0 radical (unpaired) electrons. The molecule has 1 atom stereocenters. The largest absolute Gasteiger partial charge is 0.478 e. The van der Waals surface area contributed by atoms with Crippen molar-refractivity contribution in [3.05, 3.63) is 11.6 Å². The average Bonchev–Trinajstić information content (AvgIpc) is 2.22. The second-order valence-corrected chi connectivity index (χ2v) is 4.73. The van der Waals surface area contributed by atoms with Crippen LogP contribution in [0, 0.1) is 28.6 Å². The molecule has 0 saturated heterocycles. The van der Waals surface area contributed by atoms with Gasteiger partial charge in [-0.05, 0) is 32.6 Å².